The summed E-state index contributed by atoms with van der Waals surface area (Å²) in [6.07, 6.45) is 0. The minimum Gasteiger partial charge on any atom is -0.487 e. The Bertz CT molecular complexity index is 605. The monoisotopic (exact) mass is 368 g/mol. The van der Waals surface area contributed by atoms with Gasteiger partial charge in [-0.2, -0.15) is 0 Å². The van der Waals surface area contributed by atoms with E-state index in [4.69, 9.17) is 4.74 Å². The van der Waals surface area contributed by atoms with Crippen LogP contribution < -0.4 is 10.1 Å². The average molecular weight is 369 g/mol. The molecule has 1 aromatic heterocycles. The van der Waals surface area contributed by atoms with Gasteiger partial charge in [-0.3, -0.25) is 0 Å². The van der Waals surface area contributed by atoms with Crippen molar-refractivity contribution in [2.45, 2.75) is 46.4 Å². The average Bonchev–Trinajstić information content (AvgIpc) is 2.82. The number of aromatic nitrogens is 1. The molecule has 0 bridgehead atoms. The highest BCUT2D eigenvalue weighted by molar-refractivity contribution is 9.10. The van der Waals surface area contributed by atoms with Crippen LogP contribution in [0, 0.1) is 6.92 Å². The van der Waals surface area contributed by atoms with Crippen molar-refractivity contribution in [3.8, 4) is 5.75 Å². The lowest BCUT2D eigenvalue weighted by Crippen LogP contribution is -2.35. The predicted octanol–water partition coefficient (Wildman–Crippen LogP) is 4.68. The molecule has 2 rings (SSSR count). The minimum absolute atomic E-state index is 0.108. The first kappa shape index (κ1) is 16.5. The molecule has 0 unspecified atom stereocenters. The zero-order valence-corrected chi connectivity index (χ0v) is 15.3. The summed E-state index contributed by atoms with van der Waals surface area (Å²) in [4.78, 5) is 4.60. The molecular formula is C16H21BrN2OS. The normalized spacial score (nSPS) is 11.7. The van der Waals surface area contributed by atoms with Crippen LogP contribution in [0.5, 0.6) is 5.75 Å². The molecule has 0 atom stereocenters. The standard InChI is InChI=1S/C16H21BrN2OS/c1-11-7-12(17)5-6-14(11)20-9-13-10-21-15(19-13)8-18-16(2,3)4/h5-7,10,18H,8-9H2,1-4H3. The quantitative estimate of drug-likeness (QED) is 0.831. The molecule has 0 saturated carbocycles. The van der Waals surface area contributed by atoms with Crippen molar-refractivity contribution < 1.29 is 4.74 Å². The Kier molecular flexibility index (Phi) is 5.41. The molecule has 0 fully saturated rings. The van der Waals surface area contributed by atoms with Crippen molar-refractivity contribution in [2.75, 3.05) is 0 Å². The Labute approximate surface area is 138 Å². The van der Waals surface area contributed by atoms with Gasteiger partial charge in [-0.15, -0.1) is 11.3 Å². The van der Waals surface area contributed by atoms with E-state index in [1.807, 2.05) is 19.1 Å². The van der Waals surface area contributed by atoms with Crippen molar-refractivity contribution in [3.63, 3.8) is 0 Å². The van der Waals surface area contributed by atoms with E-state index in [2.05, 4.69) is 58.4 Å². The molecule has 2 aromatic rings. The molecule has 0 saturated heterocycles. The van der Waals surface area contributed by atoms with Crippen LogP contribution in [0.2, 0.25) is 0 Å². The van der Waals surface area contributed by atoms with Gasteiger partial charge in [0.1, 0.15) is 17.4 Å². The first-order valence-electron chi connectivity index (χ1n) is 6.91. The fourth-order valence-corrected chi connectivity index (χ4v) is 2.96. The van der Waals surface area contributed by atoms with Gasteiger partial charge in [-0.1, -0.05) is 15.9 Å². The molecule has 114 valence electrons. The molecule has 1 aromatic carbocycles. The van der Waals surface area contributed by atoms with E-state index >= 15 is 0 Å². The summed E-state index contributed by atoms with van der Waals surface area (Å²) in [5, 5.41) is 6.60. The lowest BCUT2D eigenvalue weighted by molar-refractivity contribution is 0.299. The topological polar surface area (TPSA) is 34.1 Å². The zero-order chi connectivity index (χ0) is 15.5. The van der Waals surface area contributed by atoms with Gasteiger partial charge in [0.2, 0.25) is 0 Å². The number of aryl methyl sites for hydroxylation is 1. The summed E-state index contributed by atoms with van der Waals surface area (Å²) >= 11 is 5.13. The number of halogens is 1. The molecule has 1 heterocycles. The second kappa shape index (κ2) is 6.90. The largest absolute Gasteiger partial charge is 0.487 e. The van der Waals surface area contributed by atoms with Crippen molar-refractivity contribution in [3.05, 3.63) is 44.3 Å². The molecule has 0 radical (unpaired) electrons. The van der Waals surface area contributed by atoms with Crippen molar-refractivity contribution in [1.29, 1.82) is 0 Å². The van der Waals surface area contributed by atoms with E-state index in [-0.39, 0.29) is 5.54 Å². The lowest BCUT2D eigenvalue weighted by Gasteiger charge is -2.19. The van der Waals surface area contributed by atoms with Crippen LogP contribution in [0.1, 0.15) is 37.0 Å². The second-order valence-corrected chi connectivity index (χ2v) is 7.89. The van der Waals surface area contributed by atoms with Crippen LogP contribution in [0.25, 0.3) is 0 Å². The molecule has 0 spiro atoms. The highest BCUT2D eigenvalue weighted by Crippen LogP contribution is 2.23. The van der Waals surface area contributed by atoms with E-state index in [0.29, 0.717) is 6.61 Å². The highest BCUT2D eigenvalue weighted by atomic mass is 79.9. The Morgan fingerprint density at radius 1 is 1.33 bits per heavy atom. The lowest BCUT2D eigenvalue weighted by atomic mass is 10.1. The molecule has 5 heteroatoms. The SMILES string of the molecule is Cc1cc(Br)ccc1OCc1csc(CNC(C)(C)C)n1. The zero-order valence-electron chi connectivity index (χ0n) is 12.9. The van der Waals surface area contributed by atoms with Gasteiger partial charge in [0.25, 0.3) is 0 Å². The fourth-order valence-electron chi connectivity index (χ4n) is 1.76. The maximum absolute atomic E-state index is 5.84. The first-order valence-corrected chi connectivity index (χ1v) is 8.58. The van der Waals surface area contributed by atoms with Gasteiger partial charge in [0.05, 0.1) is 5.69 Å². The molecule has 0 amide bonds. The van der Waals surface area contributed by atoms with Crippen LogP contribution in [0.4, 0.5) is 0 Å². The number of benzene rings is 1. The Morgan fingerprint density at radius 3 is 2.76 bits per heavy atom. The van der Waals surface area contributed by atoms with Gasteiger partial charge >= 0.3 is 0 Å². The van der Waals surface area contributed by atoms with E-state index in [1.165, 1.54) is 0 Å². The van der Waals surface area contributed by atoms with Crippen LogP contribution in [0.3, 0.4) is 0 Å². The minimum atomic E-state index is 0.108. The molecule has 0 aliphatic carbocycles. The summed E-state index contributed by atoms with van der Waals surface area (Å²) in [7, 11) is 0. The smallest absolute Gasteiger partial charge is 0.131 e. The molecule has 1 N–H and O–H groups in total. The number of hydrogen-bond acceptors (Lipinski definition) is 4. The third kappa shape index (κ3) is 5.41. The highest BCUT2D eigenvalue weighted by Gasteiger charge is 2.10. The molecule has 0 aliphatic heterocycles. The van der Waals surface area contributed by atoms with E-state index in [0.717, 1.165) is 33.0 Å². The molecule has 0 aliphatic rings. The van der Waals surface area contributed by atoms with Gasteiger partial charge in [0, 0.05) is 21.9 Å². The van der Waals surface area contributed by atoms with Crippen LogP contribution in [-0.2, 0) is 13.2 Å². The maximum atomic E-state index is 5.84. The molecular weight excluding hydrogens is 348 g/mol. The Balaban J connectivity index is 1.90. The summed E-state index contributed by atoms with van der Waals surface area (Å²) in [5.74, 6) is 0.903. The van der Waals surface area contributed by atoms with Crippen LogP contribution in [0.15, 0.2) is 28.1 Å². The fraction of sp³-hybridized carbons (Fsp3) is 0.438. The number of nitrogens with zero attached hydrogens (tertiary/aromatic N) is 1. The molecule has 21 heavy (non-hydrogen) atoms. The van der Waals surface area contributed by atoms with Crippen molar-refractivity contribution >= 4 is 27.3 Å². The van der Waals surface area contributed by atoms with Crippen LogP contribution in [-0.4, -0.2) is 10.5 Å². The van der Waals surface area contributed by atoms with Crippen LogP contribution >= 0.6 is 27.3 Å². The van der Waals surface area contributed by atoms with Gasteiger partial charge in [-0.25, -0.2) is 4.98 Å². The van der Waals surface area contributed by atoms with Gasteiger partial charge in [-0.05, 0) is 51.5 Å². The van der Waals surface area contributed by atoms with Gasteiger partial charge < -0.3 is 10.1 Å². The van der Waals surface area contributed by atoms with Gasteiger partial charge in [0.15, 0.2) is 0 Å². The predicted molar refractivity (Wildman–Crippen MR) is 91.9 cm³/mol. The van der Waals surface area contributed by atoms with Crippen molar-refractivity contribution in [2.24, 2.45) is 0 Å². The van der Waals surface area contributed by atoms with E-state index in [1.54, 1.807) is 11.3 Å². The summed E-state index contributed by atoms with van der Waals surface area (Å²) in [6, 6.07) is 6.02. The first-order chi connectivity index (χ1) is 9.83. The number of ether oxygens (including phenoxy) is 1. The number of thiazole rings is 1. The maximum Gasteiger partial charge on any atom is 0.131 e. The second-order valence-electron chi connectivity index (χ2n) is 6.03. The third-order valence-electron chi connectivity index (χ3n) is 2.88. The van der Waals surface area contributed by atoms with E-state index < -0.39 is 0 Å². The third-order valence-corrected chi connectivity index (χ3v) is 4.27. The molecule has 3 nitrogen and oxygen atoms in total. The summed E-state index contributed by atoms with van der Waals surface area (Å²) in [6.45, 7) is 9.81. The van der Waals surface area contributed by atoms with Crippen molar-refractivity contribution in [1.82, 2.24) is 10.3 Å². The Hall–Kier alpha value is -0.910. The number of nitrogens with one attached hydrogen (secondary N) is 1. The van der Waals surface area contributed by atoms with E-state index in [9.17, 15) is 0 Å². The summed E-state index contributed by atoms with van der Waals surface area (Å²) < 4.78 is 6.91. The number of rotatable bonds is 5. The Morgan fingerprint density at radius 2 is 2.10 bits per heavy atom. The number of hydrogen-bond donors (Lipinski definition) is 1. The summed E-state index contributed by atoms with van der Waals surface area (Å²) in [5.41, 5.74) is 2.21.